The Bertz CT molecular complexity index is 409. The van der Waals surface area contributed by atoms with E-state index in [2.05, 4.69) is 45.6 Å². The van der Waals surface area contributed by atoms with E-state index in [0.29, 0.717) is 6.54 Å². The van der Waals surface area contributed by atoms with Gasteiger partial charge in [-0.1, -0.05) is 28.1 Å². The Morgan fingerprint density at radius 1 is 1.26 bits per heavy atom. The van der Waals surface area contributed by atoms with Crippen LogP contribution in [0.2, 0.25) is 0 Å². The van der Waals surface area contributed by atoms with Crippen LogP contribution in [0.4, 0.5) is 0 Å². The van der Waals surface area contributed by atoms with Gasteiger partial charge in [0.25, 0.3) is 0 Å². The number of hydrogen-bond donors (Lipinski definition) is 2. The van der Waals surface area contributed by atoms with E-state index in [-0.39, 0.29) is 17.5 Å². The van der Waals surface area contributed by atoms with Crippen LogP contribution in [0.5, 0.6) is 0 Å². The summed E-state index contributed by atoms with van der Waals surface area (Å²) in [6.07, 6.45) is 0.913. The minimum absolute atomic E-state index is 0.0372. The molecule has 2 N–H and O–H groups in total. The van der Waals surface area contributed by atoms with Crippen molar-refractivity contribution in [3.05, 3.63) is 34.3 Å². The average molecular weight is 327 g/mol. The lowest BCUT2D eigenvalue weighted by atomic mass is 10.1. The number of amides is 1. The van der Waals surface area contributed by atoms with Gasteiger partial charge in [0.1, 0.15) is 0 Å². The van der Waals surface area contributed by atoms with E-state index in [0.717, 1.165) is 10.9 Å². The molecule has 1 amide bonds. The molecule has 19 heavy (non-hydrogen) atoms. The first kappa shape index (κ1) is 16.2. The number of rotatable bonds is 5. The van der Waals surface area contributed by atoms with Crippen molar-refractivity contribution in [2.75, 3.05) is 6.54 Å². The van der Waals surface area contributed by atoms with Crippen LogP contribution in [0.25, 0.3) is 0 Å². The molecule has 0 radical (unpaired) electrons. The Labute approximate surface area is 124 Å². The quantitative estimate of drug-likeness (QED) is 0.873. The second-order valence-electron chi connectivity index (χ2n) is 5.91. The van der Waals surface area contributed by atoms with Crippen LogP contribution in [0, 0.1) is 0 Å². The Hall–Kier alpha value is -0.870. The van der Waals surface area contributed by atoms with E-state index < -0.39 is 0 Å². The van der Waals surface area contributed by atoms with Gasteiger partial charge in [0.2, 0.25) is 5.91 Å². The summed E-state index contributed by atoms with van der Waals surface area (Å²) in [5.41, 5.74) is 1.09. The molecule has 1 aromatic carbocycles. The third kappa shape index (κ3) is 7.33. The summed E-state index contributed by atoms with van der Waals surface area (Å²) in [6.45, 7) is 8.39. The van der Waals surface area contributed by atoms with Gasteiger partial charge in [-0.2, -0.15) is 0 Å². The van der Waals surface area contributed by atoms with E-state index in [1.807, 2.05) is 32.9 Å². The van der Waals surface area contributed by atoms with Crippen molar-refractivity contribution in [3.63, 3.8) is 0 Å². The van der Waals surface area contributed by atoms with Gasteiger partial charge in [0, 0.05) is 16.1 Å². The zero-order chi connectivity index (χ0) is 14.5. The third-order valence-corrected chi connectivity index (χ3v) is 3.11. The third-order valence-electron chi connectivity index (χ3n) is 2.58. The van der Waals surface area contributed by atoms with Crippen molar-refractivity contribution in [1.29, 1.82) is 0 Å². The minimum atomic E-state index is -0.173. The SMILES string of the molecule is CC(Cc1ccc(Br)cc1)NCC(=O)NC(C)(C)C. The minimum Gasteiger partial charge on any atom is -0.350 e. The highest BCUT2D eigenvalue weighted by molar-refractivity contribution is 9.10. The maximum atomic E-state index is 11.7. The Morgan fingerprint density at radius 3 is 2.37 bits per heavy atom. The van der Waals surface area contributed by atoms with E-state index >= 15 is 0 Å². The molecular formula is C15H23BrN2O. The van der Waals surface area contributed by atoms with Gasteiger partial charge in [-0.15, -0.1) is 0 Å². The van der Waals surface area contributed by atoms with Crippen LogP contribution < -0.4 is 10.6 Å². The first-order valence-electron chi connectivity index (χ1n) is 6.55. The Kier molecular flexibility index (Phi) is 6.01. The molecule has 0 saturated carbocycles. The highest BCUT2D eigenvalue weighted by Gasteiger charge is 2.14. The first-order chi connectivity index (χ1) is 8.76. The topological polar surface area (TPSA) is 41.1 Å². The van der Waals surface area contributed by atoms with Crippen molar-refractivity contribution in [2.24, 2.45) is 0 Å². The van der Waals surface area contributed by atoms with Gasteiger partial charge in [-0.25, -0.2) is 0 Å². The fourth-order valence-corrected chi connectivity index (χ4v) is 2.04. The standard InChI is InChI=1S/C15H23BrN2O/c1-11(9-12-5-7-13(16)8-6-12)17-10-14(19)18-15(2,3)4/h5-8,11,17H,9-10H2,1-4H3,(H,18,19). The number of benzene rings is 1. The molecule has 0 aliphatic carbocycles. The van der Waals surface area contributed by atoms with Gasteiger partial charge in [-0.3, -0.25) is 4.79 Å². The highest BCUT2D eigenvalue weighted by Crippen LogP contribution is 2.11. The van der Waals surface area contributed by atoms with Crippen molar-refractivity contribution in [3.8, 4) is 0 Å². The lowest BCUT2D eigenvalue weighted by Gasteiger charge is -2.21. The van der Waals surface area contributed by atoms with Crippen LogP contribution in [0.3, 0.4) is 0 Å². The molecule has 0 aromatic heterocycles. The molecule has 4 heteroatoms. The van der Waals surface area contributed by atoms with E-state index in [1.165, 1.54) is 5.56 Å². The van der Waals surface area contributed by atoms with Crippen molar-refractivity contribution >= 4 is 21.8 Å². The van der Waals surface area contributed by atoms with E-state index in [4.69, 9.17) is 0 Å². The van der Waals surface area contributed by atoms with Crippen molar-refractivity contribution in [1.82, 2.24) is 10.6 Å². The molecule has 0 heterocycles. The fraction of sp³-hybridized carbons (Fsp3) is 0.533. The summed E-state index contributed by atoms with van der Waals surface area (Å²) in [5.74, 6) is 0.0372. The number of carbonyl (C=O) groups excluding carboxylic acids is 1. The average Bonchev–Trinajstić information content (AvgIpc) is 2.27. The molecule has 1 rings (SSSR count). The summed E-state index contributed by atoms with van der Waals surface area (Å²) in [7, 11) is 0. The second-order valence-corrected chi connectivity index (χ2v) is 6.83. The Balaban J connectivity index is 2.33. The van der Waals surface area contributed by atoms with E-state index in [9.17, 15) is 4.79 Å². The number of halogens is 1. The summed E-state index contributed by atoms with van der Waals surface area (Å²) in [5, 5.41) is 6.18. The molecule has 106 valence electrons. The van der Waals surface area contributed by atoms with Gasteiger partial charge >= 0.3 is 0 Å². The largest absolute Gasteiger partial charge is 0.350 e. The number of nitrogens with one attached hydrogen (secondary N) is 2. The summed E-state index contributed by atoms with van der Waals surface area (Å²) in [6, 6.07) is 8.53. The molecule has 0 spiro atoms. The predicted molar refractivity (Wildman–Crippen MR) is 83.2 cm³/mol. The van der Waals surface area contributed by atoms with Crippen LogP contribution in [0.1, 0.15) is 33.3 Å². The van der Waals surface area contributed by atoms with Gasteiger partial charge in [0.15, 0.2) is 0 Å². The van der Waals surface area contributed by atoms with Crippen LogP contribution >= 0.6 is 15.9 Å². The van der Waals surface area contributed by atoms with Crippen LogP contribution in [-0.4, -0.2) is 24.0 Å². The molecular weight excluding hydrogens is 304 g/mol. The number of hydrogen-bond acceptors (Lipinski definition) is 2. The van der Waals surface area contributed by atoms with Crippen LogP contribution in [0.15, 0.2) is 28.7 Å². The fourth-order valence-electron chi connectivity index (χ4n) is 1.78. The highest BCUT2D eigenvalue weighted by atomic mass is 79.9. The zero-order valence-corrected chi connectivity index (χ0v) is 13.7. The van der Waals surface area contributed by atoms with Crippen LogP contribution in [-0.2, 0) is 11.2 Å². The Morgan fingerprint density at radius 2 is 1.84 bits per heavy atom. The van der Waals surface area contributed by atoms with Gasteiger partial charge in [0.05, 0.1) is 6.54 Å². The lowest BCUT2D eigenvalue weighted by molar-refractivity contribution is -0.121. The van der Waals surface area contributed by atoms with Gasteiger partial charge in [-0.05, 0) is 51.8 Å². The molecule has 0 bridgehead atoms. The summed E-state index contributed by atoms with van der Waals surface area (Å²) < 4.78 is 1.08. The molecule has 0 fully saturated rings. The van der Waals surface area contributed by atoms with Gasteiger partial charge < -0.3 is 10.6 Å². The summed E-state index contributed by atoms with van der Waals surface area (Å²) >= 11 is 3.42. The van der Waals surface area contributed by atoms with Crippen molar-refractivity contribution in [2.45, 2.75) is 45.7 Å². The lowest BCUT2D eigenvalue weighted by Crippen LogP contribution is -2.46. The monoisotopic (exact) mass is 326 g/mol. The molecule has 0 aliphatic heterocycles. The molecule has 1 aromatic rings. The molecule has 1 atom stereocenters. The normalized spacial score (nSPS) is 13.1. The zero-order valence-electron chi connectivity index (χ0n) is 12.1. The first-order valence-corrected chi connectivity index (χ1v) is 7.34. The molecule has 3 nitrogen and oxygen atoms in total. The predicted octanol–water partition coefficient (Wildman–Crippen LogP) is 2.88. The summed E-state index contributed by atoms with van der Waals surface area (Å²) in [4.78, 5) is 11.7. The molecule has 1 unspecified atom stereocenters. The molecule has 0 aliphatic rings. The number of carbonyl (C=O) groups is 1. The maximum Gasteiger partial charge on any atom is 0.234 e. The molecule has 0 saturated heterocycles. The second kappa shape index (κ2) is 7.06. The smallest absolute Gasteiger partial charge is 0.234 e. The van der Waals surface area contributed by atoms with E-state index in [1.54, 1.807) is 0 Å². The van der Waals surface area contributed by atoms with Crippen molar-refractivity contribution < 1.29 is 4.79 Å². The maximum absolute atomic E-state index is 11.7.